The van der Waals surface area contributed by atoms with Crippen LogP contribution in [0.3, 0.4) is 0 Å². The highest BCUT2D eigenvalue weighted by atomic mass is 32.2. The molecule has 9 nitrogen and oxygen atoms in total. The minimum Gasteiger partial charge on any atom is -0.480 e. The topological polar surface area (TPSA) is 130 Å². The van der Waals surface area contributed by atoms with Crippen molar-refractivity contribution >= 4 is 27.8 Å². The summed E-state index contributed by atoms with van der Waals surface area (Å²) in [5, 5.41) is 11.5. The molecule has 0 aromatic heterocycles. The van der Waals surface area contributed by atoms with Crippen LogP contribution >= 0.6 is 0 Å². The van der Waals surface area contributed by atoms with Crippen LogP contribution in [0.4, 0.5) is 0 Å². The van der Waals surface area contributed by atoms with Gasteiger partial charge < -0.3 is 15.2 Å². The molecule has 0 bridgehead atoms. The molecule has 26 heavy (non-hydrogen) atoms. The highest BCUT2D eigenvalue weighted by Crippen LogP contribution is 2.30. The van der Waals surface area contributed by atoms with Crippen LogP contribution in [-0.2, 0) is 19.6 Å². The molecule has 0 saturated heterocycles. The van der Waals surface area contributed by atoms with E-state index in [4.69, 9.17) is 9.84 Å². The lowest BCUT2D eigenvalue weighted by atomic mass is 10.0. The second-order valence-electron chi connectivity index (χ2n) is 6.12. The van der Waals surface area contributed by atoms with E-state index < -0.39 is 33.8 Å². The van der Waals surface area contributed by atoms with Gasteiger partial charge in [0.15, 0.2) is 0 Å². The van der Waals surface area contributed by atoms with Crippen LogP contribution < -0.4 is 5.32 Å². The number of benzene rings is 1. The van der Waals surface area contributed by atoms with Crippen molar-refractivity contribution in [1.29, 1.82) is 0 Å². The van der Waals surface area contributed by atoms with Gasteiger partial charge in [0.2, 0.25) is 0 Å². The first kappa shape index (κ1) is 19.9. The maximum atomic E-state index is 12.5. The molecule has 142 valence electrons. The van der Waals surface area contributed by atoms with E-state index in [-0.39, 0.29) is 35.1 Å². The number of nitrogens with one attached hydrogen (secondary N) is 1. The van der Waals surface area contributed by atoms with Crippen molar-refractivity contribution in [3.05, 3.63) is 29.3 Å². The molecular formula is C16H20N2O7S. The Labute approximate surface area is 151 Å². The number of ether oxygens (including phenoxy) is 1. The number of sulfonamides is 1. The molecule has 10 heteroatoms. The van der Waals surface area contributed by atoms with Gasteiger partial charge in [-0.15, -0.1) is 0 Å². The summed E-state index contributed by atoms with van der Waals surface area (Å²) < 4.78 is 30.6. The van der Waals surface area contributed by atoms with E-state index in [1.807, 2.05) is 0 Å². The second-order valence-corrected chi connectivity index (χ2v) is 7.95. The highest BCUT2D eigenvalue weighted by molar-refractivity contribution is 7.90. The maximum absolute atomic E-state index is 12.5. The van der Waals surface area contributed by atoms with Gasteiger partial charge in [-0.25, -0.2) is 17.5 Å². The van der Waals surface area contributed by atoms with Crippen LogP contribution in [0.2, 0.25) is 0 Å². The molecule has 2 amide bonds. The fraction of sp³-hybridized carbons (Fsp3) is 0.438. The Morgan fingerprint density at radius 1 is 1.31 bits per heavy atom. The van der Waals surface area contributed by atoms with E-state index in [9.17, 15) is 22.8 Å². The molecule has 1 aromatic rings. The fourth-order valence-corrected chi connectivity index (χ4v) is 4.13. The van der Waals surface area contributed by atoms with Crippen molar-refractivity contribution in [3.8, 4) is 0 Å². The molecule has 0 radical (unpaired) electrons. The first-order chi connectivity index (χ1) is 12.1. The third kappa shape index (κ3) is 3.56. The maximum Gasteiger partial charge on any atom is 0.326 e. The second kappa shape index (κ2) is 7.42. The number of carboxylic acids is 1. The van der Waals surface area contributed by atoms with E-state index in [0.29, 0.717) is 4.31 Å². The van der Waals surface area contributed by atoms with Crippen LogP contribution in [0.15, 0.2) is 23.1 Å². The first-order valence-corrected chi connectivity index (χ1v) is 9.29. The number of methoxy groups -OCH3 is 1. The van der Waals surface area contributed by atoms with Crippen LogP contribution in [0, 0.1) is 5.92 Å². The van der Waals surface area contributed by atoms with Gasteiger partial charge >= 0.3 is 5.97 Å². The van der Waals surface area contributed by atoms with Gasteiger partial charge in [0, 0.05) is 12.7 Å². The van der Waals surface area contributed by atoms with Gasteiger partial charge in [-0.1, -0.05) is 13.8 Å². The number of carboxylic acid groups (broad SMARTS) is 1. The van der Waals surface area contributed by atoms with E-state index in [0.717, 1.165) is 6.07 Å². The van der Waals surface area contributed by atoms with Crippen molar-refractivity contribution in [3.63, 3.8) is 0 Å². The minimum atomic E-state index is -4.08. The van der Waals surface area contributed by atoms with Crippen LogP contribution in [0.25, 0.3) is 0 Å². The Hall–Kier alpha value is -2.46. The number of hydrogen-bond acceptors (Lipinski definition) is 6. The number of amides is 2. The molecule has 2 rings (SSSR count). The molecule has 1 aromatic carbocycles. The third-order valence-electron chi connectivity index (χ3n) is 3.99. The van der Waals surface area contributed by atoms with E-state index in [2.05, 4.69) is 5.32 Å². The Morgan fingerprint density at radius 2 is 1.96 bits per heavy atom. The zero-order valence-electron chi connectivity index (χ0n) is 14.6. The number of rotatable bonds is 7. The third-order valence-corrected chi connectivity index (χ3v) is 5.81. The van der Waals surface area contributed by atoms with Crippen molar-refractivity contribution in [2.24, 2.45) is 5.92 Å². The van der Waals surface area contributed by atoms with Crippen molar-refractivity contribution < 1.29 is 32.6 Å². The molecule has 1 aliphatic rings. The predicted molar refractivity (Wildman–Crippen MR) is 90.3 cm³/mol. The summed E-state index contributed by atoms with van der Waals surface area (Å²) in [6.45, 7) is 3.18. The van der Waals surface area contributed by atoms with Gasteiger partial charge in [-0.2, -0.15) is 0 Å². The number of nitrogens with zero attached hydrogens (tertiary/aromatic N) is 1. The smallest absolute Gasteiger partial charge is 0.326 e. The standard InChI is InChI=1S/C16H20N2O7S/c1-9(2)13(16(21)22)17-14(19)10-4-5-11-12(8-10)26(23,24)18(15(11)20)6-7-25-3/h4-5,8-9,13H,6-7H2,1-3H3,(H,17,19)(H,21,22)/t13-/m1/s1. The summed E-state index contributed by atoms with van der Waals surface area (Å²) in [6.07, 6.45) is 0. The molecule has 0 spiro atoms. The van der Waals surface area contributed by atoms with E-state index >= 15 is 0 Å². The summed E-state index contributed by atoms with van der Waals surface area (Å²) in [5.41, 5.74) is -0.0723. The molecule has 2 N–H and O–H groups in total. The molecule has 0 fully saturated rings. The quantitative estimate of drug-likeness (QED) is 0.692. The molecule has 0 unspecified atom stereocenters. The summed E-state index contributed by atoms with van der Waals surface area (Å²) >= 11 is 0. The predicted octanol–water partition coefficient (Wildman–Crippen LogP) is 0.316. The lowest BCUT2D eigenvalue weighted by Crippen LogP contribution is -2.44. The zero-order valence-corrected chi connectivity index (χ0v) is 15.4. The Morgan fingerprint density at radius 3 is 2.50 bits per heavy atom. The lowest BCUT2D eigenvalue weighted by molar-refractivity contribution is -0.140. The van der Waals surface area contributed by atoms with Crippen molar-refractivity contribution in [1.82, 2.24) is 9.62 Å². The molecular weight excluding hydrogens is 364 g/mol. The molecule has 1 aliphatic heterocycles. The molecule has 1 atom stereocenters. The van der Waals surface area contributed by atoms with Gasteiger partial charge in [0.25, 0.3) is 21.8 Å². The summed E-state index contributed by atoms with van der Waals surface area (Å²) in [5.74, 6) is -2.97. The SMILES string of the molecule is COCCN1C(=O)c2ccc(C(=O)N[C@@H](C(=O)O)C(C)C)cc2S1(=O)=O. The Balaban J connectivity index is 2.34. The molecule has 1 heterocycles. The summed E-state index contributed by atoms with van der Waals surface area (Å²) in [6, 6.07) is 2.51. The first-order valence-electron chi connectivity index (χ1n) is 7.85. The number of fused-ring (bicyclic) bond motifs is 1. The van der Waals surface area contributed by atoms with Gasteiger partial charge in [0.05, 0.1) is 18.7 Å². The summed E-state index contributed by atoms with van der Waals surface area (Å²) in [7, 11) is -2.69. The average Bonchev–Trinajstić information content (AvgIpc) is 2.76. The number of hydrogen-bond donors (Lipinski definition) is 2. The van der Waals surface area contributed by atoms with Crippen molar-refractivity contribution in [2.75, 3.05) is 20.3 Å². The van der Waals surface area contributed by atoms with Gasteiger partial charge in [-0.05, 0) is 24.1 Å². The van der Waals surface area contributed by atoms with Gasteiger partial charge in [0.1, 0.15) is 10.9 Å². The van der Waals surface area contributed by atoms with Crippen molar-refractivity contribution in [2.45, 2.75) is 24.8 Å². The Bertz CT molecular complexity index is 848. The minimum absolute atomic E-state index is 0.0312. The Kier molecular flexibility index (Phi) is 5.67. The molecule has 0 saturated carbocycles. The molecule has 0 aliphatic carbocycles. The normalized spacial score (nSPS) is 16.5. The van der Waals surface area contributed by atoms with Crippen LogP contribution in [-0.4, -0.2) is 61.9 Å². The van der Waals surface area contributed by atoms with E-state index in [1.165, 1.54) is 19.2 Å². The van der Waals surface area contributed by atoms with Gasteiger partial charge in [-0.3, -0.25) is 9.59 Å². The number of carbonyl (C=O) groups is 3. The van der Waals surface area contributed by atoms with Crippen LogP contribution in [0.5, 0.6) is 0 Å². The number of aliphatic carboxylic acids is 1. The fourth-order valence-electron chi connectivity index (χ4n) is 2.55. The highest BCUT2D eigenvalue weighted by Gasteiger charge is 2.41. The van der Waals surface area contributed by atoms with Crippen LogP contribution in [0.1, 0.15) is 34.6 Å². The monoisotopic (exact) mass is 384 g/mol. The zero-order chi connectivity index (χ0) is 19.6. The number of carbonyl (C=O) groups excluding carboxylic acids is 2. The van der Waals surface area contributed by atoms with E-state index in [1.54, 1.807) is 13.8 Å². The average molecular weight is 384 g/mol. The summed E-state index contributed by atoms with van der Waals surface area (Å²) in [4.78, 5) is 35.5. The lowest BCUT2D eigenvalue weighted by Gasteiger charge is -2.18. The largest absolute Gasteiger partial charge is 0.480 e.